The third-order valence-corrected chi connectivity index (χ3v) is 7.89. The molecule has 1 aromatic carbocycles. The molecular formula is C24H36N4O2. The van der Waals surface area contributed by atoms with Crippen molar-refractivity contribution >= 4 is 11.9 Å². The average Bonchev–Trinajstić information content (AvgIpc) is 3.04. The fourth-order valence-corrected chi connectivity index (χ4v) is 5.84. The fraction of sp³-hybridized carbons (Fsp3) is 0.667. The van der Waals surface area contributed by atoms with Crippen LogP contribution in [-0.2, 0) is 10.3 Å². The van der Waals surface area contributed by atoms with Gasteiger partial charge in [-0.1, -0.05) is 30.3 Å². The zero-order valence-electron chi connectivity index (χ0n) is 18.7. The lowest BCUT2D eigenvalue weighted by molar-refractivity contribution is -0.130. The van der Waals surface area contributed by atoms with E-state index in [2.05, 4.69) is 54.6 Å². The second kappa shape index (κ2) is 8.22. The standard InChI is InChI=1S/C24H36N4O2/c1-19(29)27-15-9-20(10-16-27)17-28-18-23(25-22(28)30)11-13-24(14-12-23,26(2)3)21-7-5-4-6-8-21/h4-8,20H,9-18H2,1-3H3,(H,25,30)/t23-,24+. The Morgan fingerprint density at radius 3 is 2.30 bits per heavy atom. The first-order valence-corrected chi connectivity index (χ1v) is 11.4. The molecule has 2 saturated heterocycles. The van der Waals surface area contributed by atoms with Gasteiger partial charge in [0, 0.05) is 38.6 Å². The van der Waals surface area contributed by atoms with Gasteiger partial charge in [-0.25, -0.2) is 4.79 Å². The van der Waals surface area contributed by atoms with Gasteiger partial charge in [0.25, 0.3) is 0 Å². The number of likely N-dealkylation sites (tertiary alicyclic amines) is 1. The summed E-state index contributed by atoms with van der Waals surface area (Å²) >= 11 is 0. The molecule has 6 nitrogen and oxygen atoms in total. The molecule has 4 rings (SSSR count). The molecule has 0 unspecified atom stereocenters. The van der Waals surface area contributed by atoms with Crippen molar-refractivity contribution in [2.45, 2.75) is 56.5 Å². The minimum absolute atomic E-state index is 0.0458. The highest BCUT2D eigenvalue weighted by molar-refractivity contribution is 5.78. The van der Waals surface area contributed by atoms with Gasteiger partial charge in [0.05, 0.1) is 5.54 Å². The third-order valence-electron chi connectivity index (χ3n) is 7.89. The van der Waals surface area contributed by atoms with Crippen LogP contribution in [0, 0.1) is 5.92 Å². The summed E-state index contributed by atoms with van der Waals surface area (Å²) in [7, 11) is 4.36. The summed E-state index contributed by atoms with van der Waals surface area (Å²) in [6, 6.07) is 10.9. The average molecular weight is 413 g/mol. The molecule has 1 saturated carbocycles. The maximum atomic E-state index is 12.8. The number of urea groups is 1. The number of nitrogens with zero attached hydrogens (tertiary/aromatic N) is 3. The van der Waals surface area contributed by atoms with Crippen LogP contribution >= 0.6 is 0 Å². The number of amides is 3. The fourth-order valence-electron chi connectivity index (χ4n) is 5.84. The molecule has 1 aliphatic carbocycles. The summed E-state index contributed by atoms with van der Waals surface area (Å²) in [5.74, 6) is 0.659. The van der Waals surface area contributed by atoms with Gasteiger partial charge < -0.3 is 15.1 Å². The molecule has 2 aliphatic heterocycles. The summed E-state index contributed by atoms with van der Waals surface area (Å²) in [5.41, 5.74) is 1.33. The van der Waals surface area contributed by atoms with Crippen molar-refractivity contribution in [2.24, 2.45) is 5.92 Å². The molecule has 164 valence electrons. The van der Waals surface area contributed by atoms with Gasteiger partial charge in [-0.15, -0.1) is 0 Å². The van der Waals surface area contributed by atoms with E-state index in [9.17, 15) is 9.59 Å². The second-order valence-corrected chi connectivity index (χ2v) is 9.83. The van der Waals surface area contributed by atoms with Crippen molar-refractivity contribution in [3.8, 4) is 0 Å². The summed E-state index contributed by atoms with van der Waals surface area (Å²) in [5, 5.41) is 3.37. The van der Waals surface area contributed by atoms with Gasteiger partial charge in [-0.2, -0.15) is 0 Å². The van der Waals surface area contributed by atoms with E-state index in [0.29, 0.717) is 5.92 Å². The van der Waals surface area contributed by atoms with Crippen LogP contribution < -0.4 is 5.32 Å². The third kappa shape index (κ3) is 3.94. The number of carbonyl (C=O) groups excluding carboxylic acids is 2. The van der Waals surface area contributed by atoms with Crippen molar-refractivity contribution in [1.82, 2.24) is 20.0 Å². The van der Waals surface area contributed by atoms with Gasteiger partial charge in [0.15, 0.2) is 0 Å². The van der Waals surface area contributed by atoms with Crippen LogP contribution in [0.2, 0.25) is 0 Å². The largest absolute Gasteiger partial charge is 0.343 e. The van der Waals surface area contributed by atoms with Gasteiger partial charge >= 0.3 is 6.03 Å². The van der Waals surface area contributed by atoms with Crippen molar-refractivity contribution in [1.29, 1.82) is 0 Å². The maximum Gasteiger partial charge on any atom is 0.317 e. The van der Waals surface area contributed by atoms with Crippen molar-refractivity contribution in [3.05, 3.63) is 35.9 Å². The first-order chi connectivity index (χ1) is 14.3. The lowest BCUT2D eigenvalue weighted by Gasteiger charge is -2.48. The molecule has 1 spiro atoms. The highest BCUT2D eigenvalue weighted by atomic mass is 16.2. The minimum atomic E-state index is -0.0918. The van der Waals surface area contributed by atoms with Crippen molar-refractivity contribution in [2.75, 3.05) is 40.3 Å². The Hall–Kier alpha value is -2.08. The predicted octanol–water partition coefficient (Wildman–Crippen LogP) is 3.04. The summed E-state index contributed by atoms with van der Waals surface area (Å²) < 4.78 is 0. The van der Waals surface area contributed by atoms with Gasteiger partial charge in [0.1, 0.15) is 0 Å². The van der Waals surface area contributed by atoms with E-state index in [1.54, 1.807) is 6.92 Å². The molecule has 1 N–H and O–H groups in total. The molecule has 1 aromatic rings. The van der Waals surface area contributed by atoms with Crippen LogP contribution in [0.5, 0.6) is 0 Å². The molecule has 0 radical (unpaired) electrons. The number of carbonyl (C=O) groups is 2. The lowest BCUT2D eigenvalue weighted by Crippen LogP contribution is -2.54. The van der Waals surface area contributed by atoms with E-state index in [-0.39, 0.29) is 23.0 Å². The smallest absolute Gasteiger partial charge is 0.317 e. The zero-order chi connectivity index (χ0) is 21.4. The van der Waals surface area contributed by atoms with E-state index in [4.69, 9.17) is 0 Å². The molecular weight excluding hydrogens is 376 g/mol. The Morgan fingerprint density at radius 1 is 1.10 bits per heavy atom. The Morgan fingerprint density at radius 2 is 1.73 bits per heavy atom. The normalized spacial score (nSPS) is 30.2. The van der Waals surface area contributed by atoms with Crippen LogP contribution in [0.25, 0.3) is 0 Å². The molecule has 0 atom stereocenters. The number of benzene rings is 1. The Balaban J connectivity index is 1.38. The maximum absolute atomic E-state index is 12.8. The SMILES string of the molecule is CC(=O)N1CCC(CN2C[C@]3(CC[C@](c4ccccc4)(N(C)C)CC3)NC2=O)CC1. The molecule has 3 amide bonds. The molecule has 0 aromatic heterocycles. The van der Waals surface area contributed by atoms with E-state index >= 15 is 0 Å². The van der Waals surface area contributed by atoms with Gasteiger partial charge in [-0.3, -0.25) is 9.69 Å². The summed E-state index contributed by atoms with van der Waals surface area (Å²) in [4.78, 5) is 30.7. The highest BCUT2D eigenvalue weighted by Gasteiger charge is 2.50. The van der Waals surface area contributed by atoms with Crippen LogP contribution in [0.4, 0.5) is 4.79 Å². The van der Waals surface area contributed by atoms with Crippen LogP contribution in [0.3, 0.4) is 0 Å². The zero-order valence-corrected chi connectivity index (χ0v) is 18.7. The van der Waals surface area contributed by atoms with Crippen LogP contribution in [0.1, 0.15) is 51.0 Å². The van der Waals surface area contributed by atoms with Crippen LogP contribution in [0.15, 0.2) is 30.3 Å². The number of nitrogens with one attached hydrogen (secondary N) is 1. The second-order valence-electron chi connectivity index (χ2n) is 9.83. The topological polar surface area (TPSA) is 55.9 Å². The number of hydrogen-bond acceptors (Lipinski definition) is 3. The Bertz CT molecular complexity index is 763. The number of hydrogen-bond donors (Lipinski definition) is 1. The minimum Gasteiger partial charge on any atom is -0.343 e. The molecule has 30 heavy (non-hydrogen) atoms. The Kier molecular flexibility index (Phi) is 5.80. The first-order valence-electron chi connectivity index (χ1n) is 11.4. The molecule has 3 fully saturated rings. The van der Waals surface area contributed by atoms with E-state index < -0.39 is 0 Å². The van der Waals surface area contributed by atoms with Gasteiger partial charge in [0.2, 0.25) is 5.91 Å². The van der Waals surface area contributed by atoms with E-state index in [1.807, 2.05) is 9.80 Å². The van der Waals surface area contributed by atoms with E-state index in [0.717, 1.165) is 64.7 Å². The number of rotatable bonds is 4. The molecule has 6 heteroatoms. The molecule has 2 heterocycles. The van der Waals surface area contributed by atoms with Gasteiger partial charge in [-0.05, 0) is 64.1 Å². The first kappa shape index (κ1) is 21.2. The summed E-state index contributed by atoms with van der Waals surface area (Å²) in [6.07, 6.45) is 6.10. The van der Waals surface area contributed by atoms with Crippen LogP contribution in [-0.4, -0.2) is 72.5 Å². The highest BCUT2D eigenvalue weighted by Crippen LogP contribution is 2.46. The predicted molar refractivity (Wildman–Crippen MR) is 118 cm³/mol. The van der Waals surface area contributed by atoms with E-state index in [1.165, 1.54) is 5.56 Å². The summed E-state index contributed by atoms with van der Waals surface area (Å²) in [6.45, 7) is 4.92. The van der Waals surface area contributed by atoms with Crippen molar-refractivity contribution in [3.63, 3.8) is 0 Å². The van der Waals surface area contributed by atoms with Crippen molar-refractivity contribution < 1.29 is 9.59 Å². The Labute approximate surface area is 180 Å². The monoisotopic (exact) mass is 412 g/mol. The lowest BCUT2D eigenvalue weighted by atomic mass is 9.69. The number of piperidine rings is 1. The quantitative estimate of drug-likeness (QED) is 0.827. The molecule has 3 aliphatic rings. The molecule has 0 bridgehead atoms.